The van der Waals surface area contributed by atoms with Crippen LogP contribution in [0.1, 0.15) is 46.5 Å². The van der Waals surface area contributed by atoms with Gasteiger partial charge in [-0.3, -0.25) is 9.78 Å². The van der Waals surface area contributed by atoms with E-state index >= 15 is 0 Å². The topological polar surface area (TPSA) is 106 Å². The van der Waals surface area contributed by atoms with Crippen molar-refractivity contribution in [2.75, 3.05) is 43.5 Å². The normalized spacial score (nSPS) is 18.8. The van der Waals surface area contributed by atoms with Gasteiger partial charge < -0.3 is 25.0 Å². The van der Waals surface area contributed by atoms with Crippen molar-refractivity contribution in [2.24, 2.45) is 11.8 Å². The molecule has 0 aliphatic carbocycles. The Morgan fingerprint density at radius 2 is 1.95 bits per heavy atom. The minimum absolute atomic E-state index is 0.181. The van der Waals surface area contributed by atoms with E-state index in [0.29, 0.717) is 36.3 Å². The lowest BCUT2D eigenvalue weighted by Crippen LogP contribution is -2.45. The van der Waals surface area contributed by atoms with Crippen LogP contribution in [0.15, 0.2) is 30.7 Å². The predicted molar refractivity (Wildman–Crippen MR) is 144 cm³/mol. The Hall–Kier alpha value is -2.91. The summed E-state index contributed by atoms with van der Waals surface area (Å²) in [7, 11) is 0. The van der Waals surface area contributed by atoms with Crippen LogP contribution in [-0.2, 0) is 14.3 Å². The molecule has 2 N–H and O–H groups in total. The van der Waals surface area contributed by atoms with Gasteiger partial charge in [0.25, 0.3) is 0 Å². The highest BCUT2D eigenvalue weighted by Gasteiger charge is 2.31. The number of aromatic nitrogens is 2. The van der Waals surface area contributed by atoms with Crippen LogP contribution in [0.2, 0.25) is 5.02 Å². The molecule has 0 saturated carbocycles. The van der Waals surface area contributed by atoms with Crippen molar-refractivity contribution in [3.8, 4) is 11.1 Å². The summed E-state index contributed by atoms with van der Waals surface area (Å²) in [5.74, 6) is 0.453. The van der Waals surface area contributed by atoms with E-state index in [0.717, 1.165) is 55.8 Å². The molecule has 1 atom stereocenters. The zero-order valence-electron chi connectivity index (χ0n) is 21.8. The van der Waals surface area contributed by atoms with Crippen LogP contribution in [0, 0.1) is 11.8 Å². The van der Waals surface area contributed by atoms with Crippen molar-refractivity contribution in [3.05, 3.63) is 35.7 Å². The number of rotatable bonds is 6. The van der Waals surface area contributed by atoms with Gasteiger partial charge in [0.05, 0.1) is 16.6 Å². The van der Waals surface area contributed by atoms with Gasteiger partial charge in [-0.05, 0) is 64.5 Å². The third-order valence-corrected chi connectivity index (χ3v) is 6.84. The molecule has 10 heteroatoms. The smallest absolute Gasteiger partial charge is 0.410 e. The molecular weight excluding hydrogens is 494 g/mol. The van der Waals surface area contributed by atoms with Gasteiger partial charge in [0, 0.05) is 62.6 Å². The maximum Gasteiger partial charge on any atom is 0.410 e. The molecule has 0 radical (unpaired) electrons. The first-order valence-corrected chi connectivity index (χ1v) is 13.3. The summed E-state index contributed by atoms with van der Waals surface area (Å²) >= 11 is 6.48. The number of hydrogen-bond donors (Lipinski definition) is 2. The molecule has 1 unspecified atom stereocenters. The molecule has 200 valence electrons. The third kappa shape index (κ3) is 7.79. The molecule has 0 spiro atoms. The number of ether oxygens (including phenoxy) is 2. The van der Waals surface area contributed by atoms with Crippen molar-refractivity contribution < 1.29 is 19.1 Å². The number of carbonyl (C=O) groups is 2. The van der Waals surface area contributed by atoms with Gasteiger partial charge in [0.15, 0.2) is 0 Å². The van der Waals surface area contributed by atoms with Crippen molar-refractivity contribution in [3.63, 3.8) is 0 Å². The van der Waals surface area contributed by atoms with Crippen LogP contribution < -0.4 is 10.6 Å². The minimum Gasteiger partial charge on any atom is -0.444 e. The Labute approximate surface area is 223 Å². The van der Waals surface area contributed by atoms with E-state index in [1.807, 2.05) is 26.8 Å². The molecule has 2 aliphatic heterocycles. The number of nitrogens with zero attached hydrogens (tertiary/aromatic N) is 3. The average molecular weight is 530 g/mol. The van der Waals surface area contributed by atoms with Crippen LogP contribution >= 0.6 is 11.6 Å². The first-order chi connectivity index (χ1) is 17.7. The van der Waals surface area contributed by atoms with Gasteiger partial charge in [-0.25, -0.2) is 9.78 Å². The van der Waals surface area contributed by atoms with Gasteiger partial charge in [0.2, 0.25) is 5.91 Å². The molecule has 0 bridgehead atoms. The monoisotopic (exact) mass is 529 g/mol. The fourth-order valence-corrected chi connectivity index (χ4v) is 4.75. The molecule has 2 amide bonds. The van der Waals surface area contributed by atoms with E-state index in [1.54, 1.807) is 23.4 Å². The number of amides is 2. The minimum atomic E-state index is -0.581. The van der Waals surface area contributed by atoms with E-state index in [2.05, 4.69) is 20.6 Å². The van der Waals surface area contributed by atoms with E-state index in [1.165, 1.54) is 6.20 Å². The predicted octanol–water partition coefficient (Wildman–Crippen LogP) is 5.22. The summed E-state index contributed by atoms with van der Waals surface area (Å²) in [5.41, 5.74) is 1.89. The molecule has 2 saturated heterocycles. The Morgan fingerprint density at radius 1 is 1.16 bits per heavy atom. The standard InChI is InChI=1S/C27H36ClN5O4/c1-27(2,3)37-26(35)33-8-4-5-19(17-33)25(34)32-24-12-22(23(28)16-31-24)20-11-21(15-29-14-20)30-13-18-6-9-36-10-7-18/h11-12,14-16,18-19,30H,4-10,13,17H2,1-3H3,(H,31,32,34). The van der Waals surface area contributed by atoms with Gasteiger partial charge in [-0.15, -0.1) is 0 Å². The first kappa shape index (κ1) is 27.1. The second-order valence-electron chi connectivity index (χ2n) is 10.7. The van der Waals surface area contributed by atoms with E-state index in [-0.39, 0.29) is 11.8 Å². The van der Waals surface area contributed by atoms with E-state index in [4.69, 9.17) is 21.1 Å². The summed E-state index contributed by atoms with van der Waals surface area (Å²) < 4.78 is 10.9. The highest BCUT2D eigenvalue weighted by molar-refractivity contribution is 6.33. The van der Waals surface area contributed by atoms with E-state index < -0.39 is 11.7 Å². The van der Waals surface area contributed by atoms with Crippen LogP contribution in [0.3, 0.4) is 0 Å². The summed E-state index contributed by atoms with van der Waals surface area (Å²) in [6, 6.07) is 3.76. The van der Waals surface area contributed by atoms with Gasteiger partial charge in [-0.2, -0.15) is 0 Å². The molecule has 2 aliphatic rings. The second-order valence-corrected chi connectivity index (χ2v) is 11.1. The van der Waals surface area contributed by atoms with Crippen LogP contribution in [-0.4, -0.2) is 65.3 Å². The molecule has 0 aromatic carbocycles. The number of pyridine rings is 2. The van der Waals surface area contributed by atoms with Crippen LogP contribution in [0.25, 0.3) is 11.1 Å². The average Bonchev–Trinajstić information content (AvgIpc) is 2.88. The van der Waals surface area contributed by atoms with Gasteiger partial charge in [0.1, 0.15) is 11.4 Å². The zero-order chi connectivity index (χ0) is 26.4. The number of carbonyl (C=O) groups excluding carboxylic acids is 2. The molecule has 9 nitrogen and oxygen atoms in total. The lowest BCUT2D eigenvalue weighted by atomic mass is 9.97. The van der Waals surface area contributed by atoms with Crippen molar-refractivity contribution in [1.82, 2.24) is 14.9 Å². The molecule has 4 rings (SSSR count). The number of piperidine rings is 1. The largest absolute Gasteiger partial charge is 0.444 e. The number of nitrogens with one attached hydrogen (secondary N) is 2. The molecule has 2 fully saturated rings. The fraction of sp³-hybridized carbons (Fsp3) is 0.556. The summed E-state index contributed by atoms with van der Waals surface area (Å²) in [5, 5.41) is 6.84. The van der Waals surface area contributed by atoms with Gasteiger partial charge >= 0.3 is 6.09 Å². The second kappa shape index (κ2) is 12.1. The Morgan fingerprint density at radius 3 is 2.70 bits per heavy atom. The van der Waals surface area contributed by atoms with Crippen LogP contribution in [0.4, 0.5) is 16.3 Å². The highest BCUT2D eigenvalue weighted by Crippen LogP contribution is 2.31. The molecule has 2 aromatic heterocycles. The maximum atomic E-state index is 13.0. The summed E-state index contributed by atoms with van der Waals surface area (Å²) in [6.45, 7) is 8.86. The SMILES string of the molecule is CC(C)(C)OC(=O)N1CCCC(C(=O)Nc2cc(-c3cncc(NCC4CCOCC4)c3)c(Cl)cn2)C1. The number of hydrogen-bond acceptors (Lipinski definition) is 7. The quantitative estimate of drug-likeness (QED) is 0.528. The summed E-state index contributed by atoms with van der Waals surface area (Å²) in [4.78, 5) is 35.8. The van der Waals surface area contributed by atoms with Crippen molar-refractivity contribution in [1.29, 1.82) is 0 Å². The zero-order valence-corrected chi connectivity index (χ0v) is 22.5. The third-order valence-electron chi connectivity index (χ3n) is 6.54. The van der Waals surface area contributed by atoms with Crippen molar-refractivity contribution in [2.45, 2.75) is 52.1 Å². The van der Waals surface area contributed by atoms with Gasteiger partial charge in [-0.1, -0.05) is 11.6 Å². The number of halogens is 1. The Kier molecular flexibility index (Phi) is 8.87. The van der Waals surface area contributed by atoms with E-state index in [9.17, 15) is 9.59 Å². The number of anilines is 2. The van der Waals surface area contributed by atoms with Crippen LogP contribution in [0.5, 0.6) is 0 Å². The Bertz CT molecular complexity index is 1100. The first-order valence-electron chi connectivity index (χ1n) is 12.9. The Balaban J connectivity index is 1.40. The molecule has 4 heterocycles. The molecular formula is C27H36ClN5O4. The lowest BCUT2D eigenvalue weighted by molar-refractivity contribution is -0.121. The lowest BCUT2D eigenvalue weighted by Gasteiger charge is -2.33. The highest BCUT2D eigenvalue weighted by atomic mass is 35.5. The molecule has 2 aromatic rings. The summed E-state index contributed by atoms with van der Waals surface area (Å²) in [6.07, 6.45) is 8.20. The molecule has 37 heavy (non-hydrogen) atoms. The van der Waals surface area contributed by atoms with Crippen molar-refractivity contribution >= 4 is 35.1 Å². The fourth-order valence-electron chi connectivity index (χ4n) is 4.54. The number of likely N-dealkylation sites (tertiary alicyclic amines) is 1. The maximum absolute atomic E-state index is 13.0.